The average molecular weight is 402 g/mol. The quantitative estimate of drug-likeness (QED) is 0.629. The van der Waals surface area contributed by atoms with Gasteiger partial charge >= 0.3 is 0 Å². The summed E-state index contributed by atoms with van der Waals surface area (Å²) in [5.41, 5.74) is 2.52. The molecule has 3 amide bonds. The van der Waals surface area contributed by atoms with E-state index in [2.05, 4.69) is 4.98 Å². The number of hydrogen-bond donors (Lipinski definition) is 0. The Hall–Kier alpha value is -3.48. The van der Waals surface area contributed by atoms with Crippen molar-refractivity contribution in [2.75, 3.05) is 11.4 Å². The number of carbonyl (C=O) groups is 3. The van der Waals surface area contributed by atoms with E-state index in [0.717, 1.165) is 15.9 Å². The molecule has 2 aliphatic rings. The van der Waals surface area contributed by atoms with E-state index < -0.39 is 17.9 Å². The zero-order valence-electron chi connectivity index (χ0n) is 16.9. The fourth-order valence-corrected chi connectivity index (χ4v) is 4.43. The summed E-state index contributed by atoms with van der Waals surface area (Å²) in [4.78, 5) is 47.2. The topological polar surface area (TPSA) is 75.5 Å². The number of nitrogens with zero attached hydrogens (tertiary/aromatic N) is 4. The van der Waals surface area contributed by atoms with Crippen molar-refractivity contribution in [1.82, 2.24) is 14.5 Å². The van der Waals surface area contributed by atoms with Crippen LogP contribution in [0, 0.1) is 5.92 Å². The van der Waals surface area contributed by atoms with E-state index in [1.165, 1.54) is 0 Å². The number of rotatable bonds is 4. The smallest absolute Gasteiger partial charge is 0.262 e. The van der Waals surface area contributed by atoms with Crippen LogP contribution in [0.4, 0.5) is 5.95 Å². The maximum Gasteiger partial charge on any atom is 0.262 e. The molecule has 0 saturated heterocycles. The summed E-state index contributed by atoms with van der Waals surface area (Å²) in [5.74, 6) is -0.354. The van der Waals surface area contributed by atoms with E-state index in [1.54, 1.807) is 29.2 Å². The van der Waals surface area contributed by atoms with Gasteiger partial charge in [0, 0.05) is 13.1 Å². The first-order chi connectivity index (χ1) is 14.5. The SMILES string of the molecule is CC(C)CC(C(=O)N1CCn2c1nc1ccccc12)N1C(=O)c2ccccc2C1=O. The predicted molar refractivity (Wildman–Crippen MR) is 112 cm³/mol. The third-order valence-electron chi connectivity index (χ3n) is 5.81. The lowest BCUT2D eigenvalue weighted by Crippen LogP contribution is -2.51. The number of hydrogen-bond acceptors (Lipinski definition) is 4. The van der Waals surface area contributed by atoms with Gasteiger partial charge in [0.15, 0.2) is 0 Å². The Labute approximate surface area is 173 Å². The van der Waals surface area contributed by atoms with Gasteiger partial charge < -0.3 is 4.57 Å². The van der Waals surface area contributed by atoms with E-state index >= 15 is 0 Å². The maximum atomic E-state index is 13.7. The zero-order chi connectivity index (χ0) is 21.0. The largest absolute Gasteiger partial charge is 0.308 e. The minimum absolute atomic E-state index is 0.129. The summed E-state index contributed by atoms with van der Waals surface area (Å²) in [5, 5.41) is 0. The lowest BCUT2D eigenvalue weighted by Gasteiger charge is -2.29. The highest BCUT2D eigenvalue weighted by Gasteiger charge is 2.45. The highest BCUT2D eigenvalue weighted by molar-refractivity contribution is 6.23. The molecule has 0 N–H and O–H groups in total. The van der Waals surface area contributed by atoms with Crippen LogP contribution < -0.4 is 4.90 Å². The van der Waals surface area contributed by atoms with Crippen LogP contribution in [0.15, 0.2) is 48.5 Å². The van der Waals surface area contributed by atoms with Gasteiger partial charge in [-0.1, -0.05) is 38.1 Å². The molecule has 2 aliphatic heterocycles. The third kappa shape index (κ3) is 2.65. The molecule has 3 heterocycles. The molecule has 1 aromatic heterocycles. The van der Waals surface area contributed by atoms with Gasteiger partial charge in [0.25, 0.3) is 17.7 Å². The molecule has 0 saturated carbocycles. The number of aromatic nitrogens is 2. The Morgan fingerprint density at radius 1 is 0.967 bits per heavy atom. The molecule has 0 bridgehead atoms. The number of imide groups is 1. The highest BCUT2D eigenvalue weighted by Crippen LogP contribution is 2.32. The van der Waals surface area contributed by atoms with Gasteiger partial charge in [-0.25, -0.2) is 4.98 Å². The van der Waals surface area contributed by atoms with E-state index in [9.17, 15) is 14.4 Å². The van der Waals surface area contributed by atoms with Crippen molar-refractivity contribution in [3.05, 3.63) is 59.7 Å². The Balaban J connectivity index is 1.53. The summed E-state index contributed by atoms with van der Waals surface area (Å²) < 4.78 is 2.02. The van der Waals surface area contributed by atoms with E-state index in [1.807, 2.05) is 42.7 Å². The Morgan fingerprint density at radius 3 is 2.27 bits per heavy atom. The molecule has 7 nitrogen and oxygen atoms in total. The monoisotopic (exact) mass is 402 g/mol. The molecule has 2 aromatic carbocycles. The second-order valence-corrected chi connectivity index (χ2v) is 8.21. The summed E-state index contributed by atoms with van der Waals surface area (Å²) in [7, 11) is 0. The van der Waals surface area contributed by atoms with Crippen molar-refractivity contribution in [3.63, 3.8) is 0 Å². The molecule has 30 heavy (non-hydrogen) atoms. The van der Waals surface area contributed by atoms with Crippen LogP contribution in [0.3, 0.4) is 0 Å². The first kappa shape index (κ1) is 18.5. The first-order valence-electron chi connectivity index (χ1n) is 10.2. The number of imidazole rings is 1. The number of carbonyl (C=O) groups excluding carboxylic acids is 3. The van der Waals surface area contributed by atoms with Crippen LogP contribution in [-0.2, 0) is 11.3 Å². The summed E-state index contributed by atoms with van der Waals surface area (Å²) in [6.45, 7) is 5.08. The minimum Gasteiger partial charge on any atom is -0.308 e. The lowest BCUT2D eigenvalue weighted by atomic mass is 10.0. The number of fused-ring (bicyclic) bond motifs is 4. The van der Waals surface area contributed by atoms with Crippen LogP contribution in [0.2, 0.25) is 0 Å². The second kappa shape index (κ2) is 6.79. The fourth-order valence-electron chi connectivity index (χ4n) is 4.43. The van der Waals surface area contributed by atoms with Crippen LogP contribution in [0.1, 0.15) is 41.0 Å². The highest BCUT2D eigenvalue weighted by atomic mass is 16.2. The Kier molecular flexibility index (Phi) is 4.20. The normalized spacial score (nSPS) is 16.5. The van der Waals surface area contributed by atoms with E-state index in [-0.39, 0.29) is 11.8 Å². The molecule has 152 valence electrons. The van der Waals surface area contributed by atoms with E-state index in [0.29, 0.717) is 36.6 Å². The van der Waals surface area contributed by atoms with Crippen molar-refractivity contribution in [2.45, 2.75) is 32.9 Å². The molecule has 0 fully saturated rings. The van der Waals surface area contributed by atoms with Crippen molar-refractivity contribution in [2.24, 2.45) is 5.92 Å². The molecule has 7 heteroatoms. The summed E-state index contributed by atoms with van der Waals surface area (Å²) in [6, 6.07) is 13.6. The Bertz CT molecular complexity index is 1160. The number of amides is 3. The average Bonchev–Trinajstić information content (AvgIpc) is 3.38. The second-order valence-electron chi connectivity index (χ2n) is 8.21. The molecule has 1 unspecified atom stereocenters. The molecule has 3 aromatic rings. The van der Waals surface area contributed by atoms with Gasteiger partial charge in [0.05, 0.1) is 22.2 Å². The minimum atomic E-state index is -0.858. The summed E-state index contributed by atoms with van der Waals surface area (Å²) >= 11 is 0. The van der Waals surface area contributed by atoms with Gasteiger partial charge in [-0.2, -0.15) is 0 Å². The molecular weight excluding hydrogens is 380 g/mol. The van der Waals surface area contributed by atoms with Crippen molar-refractivity contribution in [1.29, 1.82) is 0 Å². The van der Waals surface area contributed by atoms with Gasteiger partial charge in [-0.15, -0.1) is 0 Å². The van der Waals surface area contributed by atoms with Gasteiger partial charge in [0.1, 0.15) is 6.04 Å². The molecular formula is C23H22N4O3. The van der Waals surface area contributed by atoms with Gasteiger partial charge in [0.2, 0.25) is 5.95 Å². The Morgan fingerprint density at radius 2 is 1.60 bits per heavy atom. The molecule has 5 rings (SSSR count). The molecule has 1 atom stereocenters. The van der Waals surface area contributed by atoms with Gasteiger partial charge in [-0.05, 0) is 36.6 Å². The van der Waals surface area contributed by atoms with Crippen LogP contribution in [0.25, 0.3) is 11.0 Å². The number of anilines is 1. The molecule has 0 spiro atoms. The maximum absolute atomic E-state index is 13.7. The third-order valence-corrected chi connectivity index (χ3v) is 5.81. The first-order valence-corrected chi connectivity index (χ1v) is 10.2. The predicted octanol–water partition coefficient (Wildman–Crippen LogP) is 3.09. The number of benzene rings is 2. The van der Waals surface area contributed by atoms with Crippen molar-refractivity contribution in [3.8, 4) is 0 Å². The van der Waals surface area contributed by atoms with Crippen molar-refractivity contribution >= 4 is 34.7 Å². The lowest BCUT2D eigenvalue weighted by molar-refractivity contribution is -0.122. The van der Waals surface area contributed by atoms with Crippen LogP contribution in [-0.4, -0.2) is 44.8 Å². The number of para-hydroxylation sites is 2. The zero-order valence-corrected chi connectivity index (χ0v) is 16.9. The van der Waals surface area contributed by atoms with E-state index in [4.69, 9.17) is 0 Å². The van der Waals surface area contributed by atoms with Crippen LogP contribution >= 0.6 is 0 Å². The van der Waals surface area contributed by atoms with Crippen LogP contribution in [0.5, 0.6) is 0 Å². The fraction of sp³-hybridized carbons (Fsp3) is 0.304. The molecule has 0 aliphatic carbocycles. The standard InChI is InChI=1S/C23H22N4O3/c1-14(2)13-19(27-20(28)15-7-3-4-8-16(15)21(27)29)22(30)26-12-11-25-18-10-6-5-9-17(18)24-23(25)26/h3-10,14,19H,11-13H2,1-2H3. The molecule has 0 radical (unpaired) electrons. The van der Waals surface area contributed by atoms with Gasteiger partial charge in [-0.3, -0.25) is 24.2 Å². The van der Waals surface area contributed by atoms with Crippen molar-refractivity contribution < 1.29 is 14.4 Å². The summed E-state index contributed by atoms with van der Waals surface area (Å²) in [6.07, 6.45) is 0.404.